The van der Waals surface area contributed by atoms with Crippen molar-refractivity contribution in [3.8, 4) is 78.7 Å². The molecule has 1 aliphatic heterocycles. The molecule has 15 rings (SSSR count). The van der Waals surface area contributed by atoms with E-state index in [1.165, 1.54) is 33.0 Å². The third-order valence-electron chi connectivity index (χ3n) is 15.0. The normalized spacial score (nSPS) is 14.8. The van der Waals surface area contributed by atoms with Crippen molar-refractivity contribution in [2.24, 2.45) is 0 Å². The van der Waals surface area contributed by atoms with Crippen molar-refractivity contribution in [3.05, 3.63) is 266 Å². The SMILES string of the molecule is C1=CC2Oc3ccccc3C2C=C1c1nc(-c2cc(-c3ccccc3)c(-n3c4ccc(-c5ccccc5)cc4c4cc(-c5ccccc5)ccc43)c(-c3ccccc3)c2)nc(-c2ccc3oc4ccccc4c3c2)n1. The maximum absolute atomic E-state index is 6.41. The zero-order chi connectivity index (χ0) is 49.4. The Morgan fingerprint density at radius 3 is 1.52 bits per heavy atom. The lowest BCUT2D eigenvalue weighted by atomic mass is 9.89. The topological polar surface area (TPSA) is 66.0 Å². The molecule has 4 heterocycles. The van der Waals surface area contributed by atoms with Crippen LogP contribution in [0.5, 0.6) is 5.75 Å². The summed E-state index contributed by atoms with van der Waals surface area (Å²) in [5, 5.41) is 4.39. The van der Waals surface area contributed by atoms with Gasteiger partial charge in [0.25, 0.3) is 0 Å². The molecule has 0 spiro atoms. The van der Waals surface area contributed by atoms with Gasteiger partial charge in [-0.05, 0) is 106 Å². The highest BCUT2D eigenvalue weighted by molar-refractivity contribution is 6.13. The van der Waals surface area contributed by atoms with Crippen molar-refractivity contribution in [2.75, 3.05) is 0 Å². The lowest BCUT2D eigenvalue weighted by Crippen LogP contribution is -2.17. The molecule has 0 amide bonds. The first-order chi connectivity index (χ1) is 37.1. The summed E-state index contributed by atoms with van der Waals surface area (Å²) in [6.45, 7) is 0. The number of benzene rings is 10. The third kappa shape index (κ3) is 7.29. The molecule has 13 aromatic rings. The van der Waals surface area contributed by atoms with Gasteiger partial charge in [-0.3, -0.25) is 0 Å². The van der Waals surface area contributed by atoms with Gasteiger partial charge < -0.3 is 13.7 Å². The summed E-state index contributed by atoms with van der Waals surface area (Å²) in [4.78, 5) is 16.2. The predicted octanol–water partition coefficient (Wildman–Crippen LogP) is 17.4. The van der Waals surface area contributed by atoms with Crippen LogP contribution in [0.3, 0.4) is 0 Å². The lowest BCUT2D eigenvalue weighted by molar-refractivity contribution is 0.269. The molecule has 1 aliphatic carbocycles. The Labute approximate surface area is 432 Å². The fourth-order valence-corrected chi connectivity index (χ4v) is 11.4. The van der Waals surface area contributed by atoms with Crippen LogP contribution in [-0.2, 0) is 0 Å². The molecule has 0 saturated carbocycles. The lowest BCUT2D eigenvalue weighted by Gasteiger charge is -2.21. The number of hydrogen-bond donors (Lipinski definition) is 0. The standard InChI is InChI=1S/C69H44N4O2/c1-5-17-43(18-6-1)47-29-33-60-56(37-47)57-38-48(44-19-7-2-8-20-44)30-34-61(57)73(60)66-54(45-21-9-3-10-22-45)41-51(42-55(66)46-23-11-4-12-24-46)69-71-67(49-31-35-64-58(39-49)52-25-13-15-27-62(52)74-64)70-68(72-69)50-32-36-65-59(40-50)53-26-14-16-28-63(53)75-65/h1-42,58,64H. The highest BCUT2D eigenvalue weighted by Crippen LogP contribution is 2.47. The molecule has 0 fully saturated rings. The minimum atomic E-state index is -0.103. The molecule has 352 valence electrons. The van der Waals surface area contributed by atoms with E-state index in [0.29, 0.717) is 17.5 Å². The number of fused-ring (bicyclic) bond motifs is 9. The smallest absolute Gasteiger partial charge is 0.164 e. The molecule has 0 saturated heterocycles. The summed E-state index contributed by atoms with van der Waals surface area (Å²) in [6, 6.07) is 83.9. The van der Waals surface area contributed by atoms with Crippen molar-refractivity contribution < 1.29 is 9.15 Å². The second-order valence-electron chi connectivity index (χ2n) is 19.4. The van der Waals surface area contributed by atoms with Gasteiger partial charge in [0.15, 0.2) is 17.5 Å². The van der Waals surface area contributed by atoms with Gasteiger partial charge in [0.2, 0.25) is 0 Å². The Hall–Kier alpha value is -9.91. The number of rotatable bonds is 8. The van der Waals surface area contributed by atoms with Crippen molar-refractivity contribution in [1.29, 1.82) is 0 Å². The van der Waals surface area contributed by atoms with Crippen LogP contribution in [0.2, 0.25) is 0 Å². The van der Waals surface area contributed by atoms with Crippen molar-refractivity contribution in [2.45, 2.75) is 12.0 Å². The Balaban J connectivity index is 0.999. The van der Waals surface area contributed by atoms with E-state index < -0.39 is 0 Å². The predicted molar refractivity (Wildman–Crippen MR) is 305 cm³/mol. The van der Waals surface area contributed by atoms with E-state index in [-0.39, 0.29) is 12.0 Å². The number of allylic oxidation sites excluding steroid dienone is 2. The van der Waals surface area contributed by atoms with Crippen LogP contribution in [0.15, 0.2) is 259 Å². The molecule has 6 nitrogen and oxygen atoms in total. The van der Waals surface area contributed by atoms with E-state index in [9.17, 15) is 0 Å². The molecule has 2 aliphatic rings. The van der Waals surface area contributed by atoms with Gasteiger partial charge in [-0.1, -0.05) is 182 Å². The Morgan fingerprint density at radius 1 is 0.373 bits per heavy atom. The molecule has 0 bridgehead atoms. The van der Waals surface area contributed by atoms with Crippen LogP contribution in [-0.4, -0.2) is 25.6 Å². The minimum Gasteiger partial charge on any atom is -0.485 e. The highest BCUT2D eigenvalue weighted by atomic mass is 16.5. The summed E-state index contributed by atoms with van der Waals surface area (Å²) in [6.07, 6.45) is 6.40. The number of ether oxygens (including phenoxy) is 1. The van der Waals surface area contributed by atoms with Gasteiger partial charge in [-0.25, -0.2) is 15.0 Å². The summed E-state index contributed by atoms with van der Waals surface area (Å²) >= 11 is 0. The fraction of sp³-hybridized carbons (Fsp3) is 0.0290. The van der Waals surface area contributed by atoms with Crippen LogP contribution >= 0.6 is 0 Å². The Morgan fingerprint density at radius 2 is 0.880 bits per heavy atom. The van der Waals surface area contributed by atoms with Crippen molar-refractivity contribution >= 4 is 49.3 Å². The first-order valence-corrected chi connectivity index (χ1v) is 25.5. The second kappa shape index (κ2) is 17.4. The monoisotopic (exact) mass is 960 g/mol. The Kier molecular flexibility index (Phi) is 9.91. The molecular weight excluding hydrogens is 917 g/mol. The molecule has 3 aromatic heterocycles. The van der Waals surface area contributed by atoms with Crippen LogP contribution in [0, 0.1) is 0 Å². The third-order valence-corrected chi connectivity index (χ3v) is 15.0. The number of hydrogen-bond acceptors (Lipinski definition) is 5. The number of furan rings is 1. The Bertz CT molecular complexity index is 4290. The van der Waals surface area contributed by atoms with Crippen LogP contribution in [0.1, 0.15) is 17.3 Å². The van der Waals surface area contributed by atoms with Crippen LogP contribution in [0.25, 0.3) is 122 Å². The van der Waals surface area contributed by atoms with Crippen LogP contribution in [0.4, 0.5) is 0 Å². The maximum Gasteiger partial charge on any atom is 0.164 e. The molecule has 0 N–H and O–H groups in total. The molecule has 0 radical (unpaired) electrons. The van der Waals surface area contributed by atoms with Crippen molar-refractivity contribution in [3.63, 3.8) is 0 Å². The van der Waals surface area contributed by atoms with E-state index in [1.54, 1.807) is 0 Å². The van der Waals surface area contributed by atoms with E-state index >= 15 is 0 Å². The molecular formula is C69H44N4O2. The first kappa shape index (κ1) is 42.7. The molecule has 6 heteroatoms. The largest absolute Gasteiger partial charge is 0.485 e. The van der Waals surface area contributed by atoms with E-state index in [4.69, 9.17) is 24.1 Å². The maximum atomic E-state index is 6.41. The highest BCUT2D eigenvalue weighted by Gasteiger charge is 2.34. The number of aromatic nitrogens is 4. The van der Waals surface area contributed by atoms with Gasteiger partial charge >= 0.3 is 0 Å². The molecule has 75 heavy (non-hydrogen) atoms. The minimum absolute atomic E-state index is 0.0194. The van der Waals surface area contributed by atoms with Crippen molar-refractivity contribution in [1.82, 2.24) is 19.5 Å². The van der Waals surface area contributed by atoms with E-state index in [2.05, 4.69) is 223 Å². The summed E-state index contributed by atoms with van der Waals surface area (Å²) in [5.41, 5.74) is 17.6. The van der Waals surface area contributed by atoms with E-state index in [1.807, 2.05) is 36.4 Å². The first-order valence-electron chi connectivity index (χ1n) is 25.5. The molecule has 2 atom stereocenters. The van der Waals surface area contributed by atoms with Gasteiger partial charge in [-0.15, -0.1) is 0 Å². The van der Waals surface area contributed by atoms with Gasteiger partial charge in [0.05, 0.1) is 16.7 Å². The molecule has 10 aromatic carbocycles. The summed E-state index contributed by atoms with van der Waals surface area (Å²) in [7, 11) is 0. The van der Waals surface area contributed by atoms with Gasteiger partial charge in [0.1, 0.15) is 23.0 Å². The molecule has 2 unspecified atom stereocenters. The number of nitrogens with zero attached hydrogens (tertiary/aromatic N) is 4. The van der Waals surface area contributed by atoms with E-state index in [0.717, 1.165) is 88.9 Å². The zero-order valence-electron chi connectivity index (χ0n) is 40.5. The van der Waals surface area contributed by atoms with Gasteiger partial charge in [0, 0.05) is 60.9 Å². The second-order valence-corrected chi connectivity index (χ2v) is 19.4. The average molecular weight is 961 g/mol. The fourth-order valence-electron chi connectivity index (χ4n) is 11.4. The quantitative estimate of drug-likeness (QED) is 0.152. The summed E-state index contributed by atoms with van der Waals surface area (Å²) in [5.74, 6) is 2.65. The average Bonchev–Trinajstić information content (AvgIpc) is 4.22. The summed E-state index contributed by atoms with van der Waals surface area (Å²) < 4.78 is 15.2. The van der Waals surface area contributed by atoms with Gasteiger partial charge in [-0.2, -0.15) is 0 Å². The zero-order valence-corrected chi connectivity index (χ0v) is 40.5. The van der Waals surface area contributed by atoms with Crippen LogP contribution < -0.4 is 4.74 Å². The number of para-hydroxylation sites is 2.